The lowest BCUT2D eigenvalue weighted by Gasteiger charge is -2.32. The zero-order chi connectivity index (χ0) is 12.5. The van der Waals surface area contributed by atoms with E-state index in [1.165, 1.54) is 7.11 Å². The van der Waals surface area contributed by atoms with Gasteiger partial charge in [-0.05, 0) is 18.4 Å². The molecule has 1 aliphatic carbocycles. The Kier molecular flexibility index (Phi) is 2.82. The highest BCUT2D eigenvalue weighted by molar-refractivity contribution is 5.40. The van der Waals surface area contributed by atoms with Crippen LogP contribution in [0, 0.1) is 21.4 Å². The maximum absolute atomic E-state index is 11.3. The number of nitriles is 1. The molecule has 0 N–H and O–H groups in total. The molecule has 0 saturated carbocycles. The summed E-state index contributed by atoms with van der Waals surface area (Å²) in [5, 5.41) is 20.6. The number of fused-ring (bicyclic) bond motifs is 1. The average molecular weight is 232 g/mol. The number of methoxy groups -OCH3 is 1. The minimum absolute atomic E-state index is 0.464. The number of hydrogen-bond donors (Lipinski definition) is 0. The Morgan fingerprint density at radius 2 is 2.29 bits per heavy atom. The van der Waals surface area contributed by atoms with Gasteiger partial charge in [0.05, 0.1) is 0 Å². The molecular weight excluding hydrogens is 220 g/mol. The third-order valence-electron chi connectivity index (χ3n) is 3.31. The first-order valence-electron chi connectivity index (χ1n) is 5.33. The van der Waals surface area contributed by atoms with Crippen molar-refractivity contribution in [2.24, 2.45) is 0 Å². The van der Waals surface area contributed by atoms with Crippen molar-refractivity contribution in [3.63, 3.8) is 0 Å². The van der Waals surface area contributed by atoms with E-state index in [9.17, 15) is 15.4 Å². The van der Waals surface area contributed by atoms with Gasteiger partial charge in [-0.1, -0.05) is 24.3 Å². The van der Waals surface area contributed by atoms with E-state index in [2.05, 4.69) is 0 Å². The smallest absolute Gasteiger partial charge is 0.356 e. The largest absolute Gasteiger partial charge is 0.372 e. The minimum atomic E-state index is -1.77. The first kappa shape index (κ1) is 11.6. The van der Waals surface area contributed by atoms with E-state index >= 15 is 0 Å². The highest BCUT2D eigenvalue weighted by atomic mass is 16.6. The van der Waals surface area contributed by atoms with Crippen LogP contribution in [-0.4, -0.2) is 18.1 Å². The van der Waals surface area contributed by atoms with Crippen molar-refractivity contribution in [1.29, 1.82) is 5.26 Å². The second kappa shape index (κ2) is 4.15. The lowest BCUT2D eigenvalue weighted by Crippen LogP contribution is -2.49. The Hall–Kier alpha value is -1.93. The predicted octanol–water partition coefficient (Wildman–Crippen LogP) is 1.64. The number of benzene rings is 1. The highest BCUT2D eigenvalue weighted by Gasteiger charge is 2.56. The first-order valence-corrected chi connectivity index (χ1v) is 5.33. The van der Waals surface area contributed by atoms with Crippen molar-refractivity contribution in [2.75, 3.05) is 7.11 Å². The van der Waals surface area contributed by atoms with Crippen molar-refractivity contribution >= 4 is 0 Å². The number of hydrogen-bond acceptors (Lipinski definition) is 4. The Labute approximate surface area is 98.8 Å². The van der Waals surface area contributed by atoms with Crippen LogP contribution in [0.15, 0.2) is 24.3 Å². The van der Waals surface area contributed by atoms with Crippen LogP contribution in [0.2, 0.25) is 0 Å². The summed E-state index contributed by atoms with van der Waals surface area (Å²) in [5.41, 5.74) is -0.450. The SMILES string of the molecule is CO[C@H]1CCc2ccccc2C1(C#N)[N+](=O)[O-]. The number of rotatable bonds is 2. The quantitative estimate of drug-likeness (QED) is 0.573. The van der Waals surface area contributed by atoms with Gasteiger partial charge in [-0.15, -0.1) is 0 Å². The Balaban J connectivity index is 2.67. The van der Waals surface area contributed by atoms with Crippen LogP contribution in [-0.2, 0) is 16.7 Å². The third-order valence-corrected chi connectivity index (χ3v) is 3.31. The Morgan fingerprint density at radius 3 is 2.88 bits per heavy atom. The van der Waals surface area contributed by atoms with Gasteiger partial charge < -0.3 is 4.74 Å². The van der Waals surface area contributed by atoms with Crippen LogP contribution in [0.25, 0.3) is 0 Å². The molecule has 0 bridgehead atoms. The van der Waals surface area contributed by atoms with Gasteiger partial charge in [-0.3, -0.25) is 10.1 Å². The fourth-order valence-electron chi connectivity index (χ4n) is 2.46. The van der Waals surface area contributed by atoms with Crippen LogP contribution in [0.1, 0.15) is 17.5 Å². The monoisotopic (exact) mass is 232 g/mol. The molecule has 0 aromatic heterocycles. The Morgan fingerprint density at radius 1 is 1.59 bits per heavy atom. The molecule has 1 aromatic rings. The van der Waals surface area contributed by atoms with E-state index in [0.717, 1.165) is 5.56 Å². The van der Waals surface area contributed by atoms with Crippen molar-refractivity contribution in [3.05, 3.63) is 45.5 Å². The van der Waals surface area contributed by atoms with Crippen LogP contribution in [0.5, 0.6) is 0 Å². The lowest BCUT2D eigenvalue weighted by atomic mass is 9.75. The van der Waals surface area contributed by atoms with E-state index < -0.39 is 16.6 Å². The molecule has 0 spiro atoms. The molecule has 0 saturated heterocycles. The van der Waals surface area contributed by atoms with Gasteiger partial charge in [-0.2, -0.15) is 5.26 Å². The number of nitrogens with zero attached hydrogens (tertiary/aromatic N) is 2. The topological polar surface area (TPSA) is 76.2 Å². The average Bonchev–Trinajstić information content (AvgIpc) is 2.36. The molecule has 17 heavy (non-hydrogen) atoms. The molecule has 1 aliphatic rings. The number of aryl methyl sites for hydroxylation is 1. The second-order valence-electron chi connectivity index (χ2n) is 4.06. The normalized spacial score (nSPS) is 26.9. The molecule has 0 radical (unpaired) electrons. The van der Waals surface area contributed by atoms with Crippen LogP contribution >= 0.6 is 0 Å². The summed E-state index contributed by atoms with van der Waals surface area (Å²) in [6.07, 6.45) is 0.492. The fourth-order valence-corrected chi connectivity index (χ4v) is 2.46. The van der Waals surface area contributed by atoms with E-state index in [0.29, 0.717) is 18.4 Å². The van der Waals surface area contributed by atoms with Gasteiger partial charge in [0.1, 0.15) is 6.10 Å². The van der Waals surface area contributed by atoms with Gasteiger partial charge in [0.2, 0.25) is 0 Å². The van der Waals surface area contributed by atoms with Gasteiger partial charge >= 0.3 is 5.54 Å². The molecule has 1 unspecified atom stereocenters. The second-order valence-corrected chi connectivity index (χ2v) is 4.06. The number of nitro groups is 1. The zero-order valence-electron chi connectivity index (χ0n) is 9.42. The van der Waals surface area contributed by atoms with Crippen LogP contribution in [0.3, 0.4) is 0 Å². The summed E-state index contributed by atoms with van der Waals surface area (Å²) in [5.74, 6) is 0. The minimum Gasteiger partial charge on any atom is -0.372 e. The third kappa shape index (κ3) is 1.49. The standard InChI is InChI=1S/C12H12N2O3/c1-17-11-7-6-9-4-2-3-5-10(9)12(11,8-13)14(15)16/h2-5,11H,6-7H2,1H3/t11-,12?/m0/s1. The maximum atomic E-state index is 11.3. The highest BCUT2D eigenvalue weighted by Crippen LogP contribution is 2.38. The molecule has 2 atom stereocenters. The first-order chi connectivity index (χ1) is 8.16. The van der Waals surface area contributed by atoms with Gasteiger partial charge in [0.15, 0.2) is 6.07 Å². The van der Waals surface area contributed by atoms with E-state index in [-0.39, 0.29) is 0 Å². The van der Waals surface area contributed by atoms with Gasteiger partial charge in [0, 0.05) is 17.6 Å². The molecule has 1 aromatic carbocycles. The molecule has 88 valence electrons. The molecule has 5 heteroatoms. The van der Waals surface area contributed by atoms with E-state index in [1.807, 2.05) is 18.2 Å². The molecule has 2 rings (SSSR count). The van der Waals surface area contributed by atoms with Crippen molar-refractivity contribution in [2.45, 2.75) is 24.5 Å². The van der Waals surface area contributed by atoms with Gasteiger partial charge in [-0.25, -0.2) is 0 Å². The summed E-state index contributed by atoms with van der Waals surface area (Å²) in [7, 11) is 1.41. The van der Waals surface area contributed by atoms with E-state index in [4.69, 9.17) is 4.74 Å². The van der Waals surface area contributed by atoms with Crippen LogP contribution < -0.4 is 0 Å². The van der Waals surface area contributed by atoms with Crippen LogP contribution in [0.4, 0.5) is 0 Å². The fraction of sp³-hybridized carbons (Fsp3) is 0.417. The molecular formula is C12H12N2O3. The summed E-state index contributed by atoms with van der Waals surface area (Å²) in [6.45, 7) is 0. The summed E-state index contributed by atoms with van der Waals surface area (Å²) in [4.78, 5) is 10.8. The van der Waals surface area contributed by atoms with Crippen molar-refractivity contribution in [1.82, 2.24) is 0 Å². The lowest BCUT2D eigenvalue weighted by molar-refractivity contribution is -0.576. The maximum Gasteiger partial charge on any atom is 0.356 e. The Bertz CT molecular complexity index is 495. The van der Waals surface area contributed by atoms with Crippen molar-refractivity contribution in [3.8, 4) is 6.07 Å². The molecule has 0 amide bonds. The molecule has 0 aliphatic heterocycles. The predicted molar refractivity (Wildman–Crippen MR) is 59.8 cm³/mol. The van der Waals surface area contributed by atoms with Gasteiger partial charge in [0.25, 0.3) is 0 Å². The zero-order valence-corrected chi connectivity index (χ0v) is 9.42. The molecule has 5 nitrogen and oxygen atoms in total. The van der Waals surface area contributed by atoms with E-state index in [1.54, 1.807) is 12.1 Å². The van der Waals surface area contributed by atoms with Crippen molar-refractivity contribution < 1.29 is 9.66 Å². The summed E-state index contributed by atoms with van der Waals surface area (Å²) < 4.78 is 5.15. The summed E-state index contributed by atoms with van der Waals surface area (Å²) >= 11 is 0. The number of ether oxygens (including phenoxy) is 1. The molecule has 0 fully saturated rings. The molecule has 0 heterocycles. The summed E-state index contributed by atoms with van der Waals surface area (Å²) in [6, 6.07) is 8.87.